The highest BCUT2D eigenvalue weighted by Gasteiger charge is 2.12. The van der Waals surface area contributed by atoms with Crippen LogP contribution in [0.15, 0.2) is 48.0 Å². The molecule has 28 heavy (non-hydrogen) atoms. The minimum atomic E-state index is -0.700. The van der Waals surface area contributed by atoms with E-state index in [4.69, 9.17) is 19.5 Å². The number of nitriles is 1. The molecule has 0 atom stereocenters. The van der Waals surface area contributed by atoms with Crippen molar-refractivity contribution in [3.63, 3.8) is 0 Å². The number of para-hydroxylation sites is 1. The summed E-state index contributed by atoms with van der Waals surface area (Å²) in [5, 5.41) is 9.10. The molecule has 0 aliphatic heterocycles. The van der Waals surface area contributed by atoms with Gasteiger partial charge in [0.2, 0.25) is 0 Å². The summed E-state index contributed by atoms with van der Waals surface area (Å²) in [6.45, 7) is 5.40. The van der Waals surface area contributed by atoms with Crippen LogP contribution in [0.5, 0.6) is 11.5 Å². The van der Waals surface area contributed by atoms with Crippen molar-refractivity contribution in [2.24, 2.45) is 0 Å². The van der Waals surface area contributed by atoms with E-state index in [0.29, 0.717) is 11.3 Å². The van der Waals surface area contributed by atoms with Crippen LogP contribution in [0.2, 0.25) is 0 Å². The third-order valence-corrected chi connectivity index (χ3v) is 3.76. The van der Waals surface area contributed by atoms with E-state index in [9.17, 15) is 9.59 Å². The maximum Gasteiger partial charge on any atom is 0.349 e. The van der Waals surface area contributed by atoms with Crippen LogP contribution in [0.1, 0.15) is 23.6 Å². The molecule has 0 spiro atoms. The Morgan fingerprint density at radius 2 is 1.79 bits per heavy atom. The Morgan fingerprint density at radius 3 is 2.43 bits per heavy atom. The normalized spacial score (nSPS) is 10.7. The maximum absolute atomic E-state index is 12.1. The van der Waals surface area contributed by atoms with Crippen LogP contribution in [-0.2, 0) is 14.3 Å². The maximum atomic E-state index is 12.1. The van der Waals surface area contributed by atoms with Gasteiger partial charge in [0.1, 0.15) is 23.1 Å². The number of rotatable bonds is 7. The molecule has 0 aliphatic carbocycles. The number of hydrogen-bond donors (Lipinski definition) is 0. The zero-order valence-corrected chi connectivity index (χ0v) is 16.0. The zero-order chi connectivity index (χ0) is 20.5. The molecule has 0 aliphatic rings. The minimum absolute atomic E-state index is 0.135. The zero-order valence-electron chi connectivity index (χ0n) is 16.0. The number of hydrogen-bond acceptors (Lipinski definition) is 6. The van der Waals surface area contributed by atoms with E-state index < -0.39 is 11.9 Å². The molecule has 0 saturated carbocycles. The van der Waals surface area contributed by atoms with Crippen LogP contribution in [0.25, 0.3) is 6.08 Å². The number of aryl methyl sites for hydroxylation is 2. The SMILES string of the molecule is CCOC(=O)/C(C#N)=C/c1cccc(OC(=O)COc2c(C)cccc2C)c1. The lowest BCUT2D eigenvalue weighted by atomic mass is 10.1. The third-order valence-electron chi connectivity index (χ3n) is 3.76. The second-order valence-electron chi connectivity index (χ2n) is 5.95. The second kappa shape index (κ2) is 9.93. The van der Waals surface area contributed by atoms with Crippen LogP contribution >= 0.6 is 0 Å². The van der Waals surface area contributed by atoms with E-state index in [1.54, 1.807) is 37.3 Å². The van der Waals surface area contributed by atoms with E-state index in [1.807, 2.05) is 32.0 Å². The lowest BCUT2D eigenvalue weighted by molar-refractivity contribution is -0.138. The van der Waals surface area contributed by atoms with Crippen LogP contribution in [0, 0.1) is 25.2 Å². The van der Waals surface area contributed by atoms with Gasteiger partial charge in [-0.3, -0.25) is 0 Å². The average molecular weight is 379 g/mol. The molecule has 6 nitrogen and oxygen atoms in total. The first-order chi connectivity index (χ1) is 13.4. The van der Waals surface area contributed by atoms with Crippen LogP contribution in [0.3, 0.4) is 0 Å². The molecular formula is C22H21NO5. The Morgan fingerprint density at radius 1 is 1.11 bits per heavy atom. The first-order valence-corrected chi connectivity index (χ1v) is 8.73. The predicted octanol–water partition coefficient (Wildman–Crippen LogP) is 3.76. The van der Waals surface area contributed by atoms with Gasteiger partial charge in [-0.1, -0.05) is 30.3 Å². The molecule has 0 heterocycles. The summed E-state index contributed by atoms with van der Waals surface area (Å²) in [4.78, 5) is 23.8. The van der Waals surface area contributed by atoms with Gasteiger partial charge in [-0.25, -0.2) is 9.59 Å². The van der Waals surface area contributed by atoms with E-state index in [-0.39, 0.29) is 24.5 Å². The Hall–Kier alpha value is -3.59. The molecule has 0 bridgehead atoms. The van der Waals surface area contributed by atoms with Crippen molar-refractivity contribution in [1.29, 1.82) is 5.26 Å². The third kappa shape index (κ3) is 5.71. The molecule has 144 valence electrons. The fraction of sp³-hybridized carbons (Fsp3) is 0.227. The molecule has 0 saturated heterocycles. The lowest BCUT2D eigenvalue weighted by Crippen LogP contribution is -2.18. The van der Waals surface area contributed by atoms with Gasteiger partial charge in [-0.2, -0.15) is 5.26 Å². The number of carbonyl (C=O) groups is 2. The topological polar surface area (TPSA) is 85.6 Å². The second-order valence-corrected chi connectivity index (χ2v) is 5.95. The summed E-state index contributed by atoms with van der Waals surface area (Å²) in [7, 11) is 0. The highest BCUT2D eigenvalue weighted by atomic mass is 16.6. The average Bonchev–Trinajstić information content (AvgIpc) is 2.66. The molecule has 0 amide bonds. The monoisotopic (exact) mass is 379 g/mol. The van der Waals surface area contributed by atoms with Crippen molar-refractivity contribution in [2.75, 3.05) is 13.2 Å². The van der Waals surface area contributed by atoms with E-state index in [2.05, 4.69) is 0 Å². The Kier molecular flexibility index (Phi) is 7.35. The van der Waals surface area contributed by atoms with Gasteiger partial charge in [0.05, 0.1) is 6.61 Å². The quantitative estimate of drug-likeness (QED) is 0.315. The Balaban J connectivity index is 2.05. The highest BCUT2D eigenvalue weighted by Crippen LogP contribution is 2.22. The molecule has 2 rings (SSSR count). The molecular weight excluding hydrogens is 358 g/mol. The smallest absolute Gasteiger partial charge is 0.349 e. The molecule has 0 N–H and O–H groups in total. The Bertz CT molecular complexity index is 920. The standard InChI is InChI=1S/C22H21NO5/c1-4-26-22(25)18(13-23)11-17-9-6-10-19(12-17)28-20(24)14-27-21-15(2)7-5-8-16(21)3/h5-12H,4,14H2,1-3H3/b18-11+. The lowest BCUT2D eigenvalue weighted by Gasteiger charge is -2.11. The van der Waals surface area contributed by atoms with E-state index in [0.717, 1.165) is 11.1 Å². The van der Waals surface area contributed by atoms with Crippen LogP contribution < -0.4 is 9.47 Å². The first kappa shape index (κ1) is 20.7. The fourth-order valence-corrected chi connectivity index (χ4v) is 2.50. The number of esters is 2. The molecule has 0 unspecified atom stereocenters. The molecule has 2 aromatic carbocycles. The number of nitrogens with zero attached hydrogens (tertiary/aromatic N) is 1. The van der Waals surface area contributed by atoms with Crippen molar-refractivity contribution < 1.29 is 23.8 Å². The largest absolute Gasteiger partial charge is 0.481 e. The van der Waals surface area contributed by atoms with Gasteiger partial charge in [-0.15, -0.1) is 0 Å². The van der Waals surface area contributed by atoms with Gasteiger partial charge in [0, 0.05) is 0 Å². The summed E-state index contributed by atoms with van der Waals surface area (Å²) < 4.78 is 15.7. The van der Waals surface area contributed by atoms with Crippen molar-refractivity contribution in [1.82, 2.24) is 0 Å². The summed E-state index contributed by atoms with van der Waals surface area (Å²) >= 11 is 0. The summed E-state index contributed by atoms with van der Waals surface area (Å²) in [6.07, 6.45) is 1.38. The van der Waals surface area contributed by atoms with Crippen molar-refractivity contribution in [3.8, 4) is 17.6 Å². The highest BCUT2D eigenvalue weighted by molar-refractivity contribution is 5.97. The van der Waals surface area contributed by atoms with Crippen LogP contribution in [0.4, 0.5) is 0 Å². The summed E-state index contributed by atoms with van der Waals surface area (Å²) in [6, 6.07) is 14.0. The number of carbonyl (C=O) groups excluding carboxylic acids is 2. The molecule has 0 radical (unpaired) electrons. The van der Waals surface area contributed by atoms with E-state index in [1.165, 1.54) is 6.08 Å². The summed E-state index contributed by atoms with van der Waals surface area (Å²) in [5.74, 6) is -0.321. The minimum Gasteiger partial charge on any atom is -0.481 e. The molecule has 0 aromatic heterocycles. The molecule has 6 heteroatoms. The van der Waals surface area contributed by atoms with Gasteiger partial charge in [0.15, 0.2) is 6.61 Å². The van der Waals surface area contributed by atoms with Gasteiger partial charge < -0.3 is 14.2 Å². The number of ether oxygens (including phenoxy) is 3. The van der Waals surface area contributed by atoms with Gasteiger partial charge in [0.25, 0.3) is 0 Å². The van der Waals surface area contributed by atoms with Crippen molar-refractivity contribution in [2.45, 2.75) is 20.8 Å². The first-order valence-electron chi connectivity index (χ1n) is 8.73. The van der Waals surface area contributed by atoms with Crippen LogP contribution in [-0.4, -0.2) is 25.2 Å². The summed E-state index contributed by atoms with van der Waals surface area (Å²) in [5.41, 5.74) is 2.26. The number of benzene rings is 2. The Labute approximate surface area is 164 Å². The van der Waals surface area contributed by atoms with E-state index >= 15 is 0 Å². The fourth-order valence-electron chi connectivity index (χ4n) is 2.50. The molecule has 0 fully saturated rings. The van der Waals surface area contributed by atoms with Gasteiger partial charge >= 0.3 is 11.9 Å². The van der Waals surface area contributed by atoms with Gasteiger partial charge in [-0.05, 0) is 55.7 Å². The van der Waals surface area contributed by atoms with Crippen molar-refractivity contribution in [3.05, 3.63) is 64.7 Å². The van der Waals surface area contributed by atoms with Crippen molar-refractivity contribution >= 4 is 18.0 Å². The predicted molar refractivity (Wildman–Crippen MR) is 104 cm³/mol. The molecule has 2 aromatic rings.